The molecule has 0 saturated carbocycles. The van der Waals surface area contributed by atoms with Gasteiger partial charge in [-0.3, -0.25) is 14.2 Å². The number of nitrogens with zero attached hydrogens (tertiary/aromatic N) is 3. The average molecular weight is 359 g/mol. The van der Waals surface area contributed by atoms with Gasteiger partial charge in [-0.2, -0.15) is 0 Å². The van der Waals surface area contributed by atoms with Crippen LogP contribution in [0.15, 0.2) is 16.9 Å². The van der Waals surface area contributed by atoms with E-state index in [1.807, 2.05) is 25.3 Å². The lowest BCUT2D eigenvalue weighted by Gasteiger charge is -2.20. The zero-order valence-electron chi connectivity index (χ0n) is 15.2. The van der Waals surface area contributed by atoms with E-state index in [4.69, 9.17) is 4.98 Å². The summed E-state index contributed by atoms with van der Waals surface area (Å²) in [5.41, 5.74) is 1.72. The van der Waals surface area contributed by atoms with Crippen LogP contribution in [0.5, 0.6) is 0 Å². The Kier molecular flexibility index (Phi) is 5.08. The summed E-state index contributed by atoms with van der Waals surface area (Å²) in [6.45, 7) is 11.5. The molecule has 6 heteroatoms. The lowest BCUT2D eigenvalue weighted by Crippen LogP contribution is -2.32. The Morgan fingerprint density at radius 3 is 2.80 bits per heavy atom. The van der Waals surface area contributed by atoms with Gasteiger partial charge in [0.25, 0.3) is 11.5 Å². The first kappa shape index (κ1) is 17.9. The highest BCUT2D eigenvalue weighted by molar-refractivity contribution is 7.20. The van der Waals surface area contributed by atoms with Crippen LogP contribution in [0, 0.1) is 6.92 Å². The summed E-state index contributed by atoms with van der Waals surface area (Å²) in [7, 11) is 0. The van der Waals surface area contributed by atoms with Gasteiger partial charge in [0, 0.05) is 26.1 Å². The summed E-state index contributed by atoms with van der Waals surface area (Å²) >= 11 is 1.35. The maximum absolute atomic E-state index is 13.0. The third kappa shape index (κ3) is 3.27. The summed E-state index contributed by atoms with van der Waals surface area (Å²) in [5.74, 6) is 0.829. The molecule has 3 rings (SSSR count). The first-order chi connectivity index (χ1) is 11.9. The zero-order chi connectivity index (χ0) is 18.1. The molecule has 0 unspecified atom stereocenters. The van der Waals surface area contributed by atoms with Crippen LogP contribution in [-0.4, -0.2) is 33.4 Å². The zero-order valence-corrected chi connectivity index (χ0v) is 16.0. The van der Waals surface area contributed by atoms with Gasteiger partial charge in [-0.15, -0.1) is 11.3 Å². The molecule has 0 aromatic carbocycles. The van der Waals surface area contributed by atoms with Gasteiger partial charge in [-0.05, 0) is 39.2 Å². The van der Waals surface area contributed by atoms with Crippen molar-refractivity contribution in [1.82, 2.24) is 14.5 Å². The van der Waals surface area contributed by atoms with E-state index in [2.05, 4.69) is 6.58 Å². The number of aromatic nitrogens is 2. The van der Waals surface area contributed by atoms with E-state index in [9.17, 15) is 9.59 Å². The molecule has 0 aliphatic carbocycles. The Balaban J connectivity index is 2.11. The number of hydrogen-bond donors (Lipinski definition) is 0. The Labute approximate surface area is 152 Å². The van der Waals surface area contributed by atoms with Gasteiger partial charge in [0.2, 0.25) is 0 Å². The summed E-state index contributed by atoms with van der Waals surface area (Å²) in [6, 6.07) is 0. The van der Waals surface area contributed by atoms with Crippen LogP contribution in [-0.2, 0) is 13.0 Å². The van der Waals surface area contributed by atoms with E-state index in [1.165, 1.54) is 11.3 Å². The molecule has 2 aromatic rings. The minimum absolute atomic E-state index is 0.0117. The normalized spacial score (nSPS) is 14.2. The Morgan fingerprint density at radius 2 is 2.12 bits per heavy atom. The molecular formula is C19H25N3O2S. The number of fused-ring (bicyclic) bond motifs is 2. The third-order valence-electron chi connectivity index (χ3n) is 4.74. The molecule has 0 atom stereocenters. The Bertz CT molecular complexity index is 894. The Hall–Kier alpha value is -1.95. The van der Waals surface area contributed by atoms with E-state index >= 15 is 0 Å². The number of thiophene rings is 1. The number of amides is 1. The van der Waals surface area contributed by atoms with Crippen molar-refractivity contribution in [2.45, 2.75) is 53.0 Å². The molecule has 0 fully saturated rings. The fraction of sp³-hybridized carbons (Fsp3) is 0.526. The van der Waals surface area contributed by atoms with E-state index in [0.717, 1.165) is 49.2 Å². The van der Waals surface area contributed by atoms with E-state index in [-0.39, 0.29) is 11.5 Å². The number of rotatable bonds is 4. The van der Waals surface area contributed by atoms with Crippen LogP contribution in [0.4, 0.5) is 0 Å². The molecule has 0 bridgehead atoms. The van der Waals surface area contributed by atoms with Gasteiger partial charge in [0.1, 0.15) is 10.7 Å². The van der Waals surface area contributed by atoms with E-state index in [0.29, 0.717) is 28.2 Å². The third-order valence-corrected chi connectivity index (χ3v) is 5.91. The number of carbonyl (C=O) groups excluding carboxylic acids is 1. The van der Waals surface area contributed by atoms with Crippen LogP contribution >= 0.6 is 11.3 Å². The smallest absolute Gasteiger partial charge is 0.264 e. The highest BCUT2D eigenvalue weighted by Gasteiger charge is 2.24. The highest BCUT2D eigenvalue weighted by Crippen LogP contribution is 2.29. The predicted octanol–water partition coefficient (Wildman–Crippen LogP) is 3.53. The molecule has 1 aliphatic heterocycles. The van der Waals surface area contributed by atoms with Crippen molar-refractivity contribution >= 4 is 27.5 Å². The largest absolute Gasteiger partial charge is 0.334 e. The van der Waals surface area contributed by atoms with Crippen LogP contribution in [0.25, 0.3) is 10.2 Å². The molecule has 25 heavy (non-hydrogen) atoms. The molecule has 1 amide bonds. The molecule has 1 aliphatic rings. The quantitative estimate of drug-likeness (QED) is 0.785. The van der Waals surface area contributed by atoms with Crippen LogP contribution < -0.4 is 5.56 Å². The van der Waals surface area contributed by atoms with Crippen LogP contribution in [0.3, 0.4) is 0 Å². The number of likely N-dealkylation sites (N-methyl/N-ethyl adjacent to an activating group) is 1. The van der Waals surface area contributed by atoms with Gasteiger partial charge in [-0.25, -0.2) is 4.98 Å². The molecule has 0 N–H and O–H groups in total. The molecule has 0 saturated heterocycles. The molecule has 134 valence electrons. The lowest BCUT2D eigenvalue weighted by molar-refractivity contribution is 0.0782. The van der Waals surface area contributed by atoms with Gasteiger partial charge in [-0.1, -0.05) is 18.6 Å². The summed E-state index contributed by atoms with van der Waals surface area (Å²) in [6.07, 6.45) is 4.04. The maximum atomic E-state index is 13.0. The van der Waals surface area contributed by atoms with Crippen molar-refractivity contribution in [3.05, 3.63) is 38.8 Å². The summed E-state index contributed by atoms with van der Waals surface area (Å²) < 4.78 is 1.81. The average Bonchev–Trinajstić information content (AvgIpc) is 2.75. The summed E-state index contributed by atoms with van der Waals surface area (Å²) in [5, 5.41) is 0.616. The minimum atomic E-state index is -0.0365. The maximum Gasteiger partial charge on any atom is 0.264 e. The lowest BCUT2D eigenvalue weighted by atomic mass is 10.2. The molecule has 0 spiro atoms. The number of carbonyl (C=O) groups is 1. The number of hydrogen-bond acceptors (Lipinski definition) is 4. The second-order valence-electron chi connectivity index (χ2n) is 6.81. The van der Waals surface area contributed by atoms with Gasteiger partial charge >= 0.3 is 0 Å². The van der Waals surface area contributed by atoms with Crippen molar-refractivity contribution in [1.29, 1.82) is 0 Å². The minimum Gasteiger partial charge on any atom is -0.334 e. The second kappa shape index (κ2) is 7.12. The Morgan fingerprint density at radius 1 is 1.36 bits per heavy atom. The fourth-order valence-electron chi connectivity index (χ4n) is 3.41. The first-order valence-corrected chi connectivity index (χ1v) is 9.72. The molecule has 2 aromatic heterocycles. The van der Waals surface area contributed by atoms with Crippen molar-refractivity contribution in [2.75, 3.05) is 13.1 Å². The first-order valence-electron chi connectivity index (χ1n) is 8.90. The van der Waals surface area contributed by atoms with Gasteiger partial charge in [0.05, 0.1) is 10.3 Å². The highest BCUT2D eigenvalue weighted by atomic mass is 32.1. The standard InChI is InChI=1S/C19H25N3O2S/c1-5-21(11-12(2)3)19(24)16-13(4)15-17(25-16)20-14-9-7-6-8-10-22(14)18(15)23/h2,5-11H2,1,3-4H3. The van der Waals surface area contributed by atoms with Crippen molar-refractivity contribution < 1.29 is 4.79 Å². The van der Waals surface area contributed by atoms with Crippen molar-refractivity contribution in [3.63, 3.8) is 0 Å². The van der Waals surface area contributed by atoms with Crippen LogP contribution in [0.1, 0.15) is 54.2 Å². The molecule has 3 heterocycles. The van der Waals surface area contributed by atoms with Crippen molar-refractivity contribution in [2.24, 2.45) is 0 Å². The van der Waals surface area contributed by atoms with E-state index < -0.39 is 0 Å². The van der Waals surface area contributed by atoms with E-state index in [1.54, 1.807) is 4.90 Å². The van der Waals surface area contributed by atoms with Crippen LogP contribution in [0.2, 0.25) is 0 Å². The number of aryl methyl sites for hydroxylation is 2. The van der Waals surface area contributed by atoms with Gasteiger partial charge in [0.15, 0.2) is 0 Å². The van der Waals surface area contributed by atoms with Crippen molar-refractivity contribution in [3.8, 4) is 0 Å². The molecular weight excluding hydrogens is 334 g/mol. The topological polar surface area (TPSA) is 55.2 Å². The fourth-order valence-corrected chi connectivity index (χ4v) is 4.57. The summed E-state index contributed by atoms with van der Waals surface area (Å²) in [4.78, 5) is 33.8. The molecule has 5 nitrogen and oxygen atoms in total. The predicted molar refractivity (Wildman–Crippen MR) is 103 cm³/mol. The SMILES string of the molecule is C=C(C)CN(CC)C(=O)c1sc2nc3n(c(=O)c2c1C)CCCCC3. The second-order valence-corrected chi connectivity index (χ2v) is 7.81. The molecule has 0 radical (unpaired) electrons. The van der Waals surface area contributed by atoms with Gasteiger partial charge < -0.3 is 4.90 Å². The monoisotopic (exact) mass is 359 g/mol.